The fraction of sp³-hybridized carbons (Fsp3) is 0.538. The van der Waals surface area contributed by atoms with E-state index in [0.29, 0.717) is 12.1 Å². The van der Waals surface area contributed by atoms with Gasteiger partial charge in [0.05, 0.1) is 0 Å². The fourth-order valence-electron chi connectivity index (χ4n) is 1.80. The van der Waals surface area contributed by atoms with Crippen LogP contribution in [-0.2, 0) is 6.42 Å². The zero-order valence-corrected chi connectivity index (χ0v) is 10.7. The fourth-order valence-corrected chi connectivity index (χ4v) is 1.92. The van der Waals surface area contributed by atoms with Gasteiger partial charge in [-0.1, -0.05) is 23.7 Å². The zero-order chi connectivity index (χ0) is 12.0. The molecule has 0 aliphatic rings. The first-order chi connectivity index (χ1) is 7.61. The van der Waals surface area contributed by atoms with Crippen LogP contribution in [0, 0.1) is 0 Å². The van der Waals surface area contributed by atoms with Gasteiger partial charge in [-0.05, 0) is 44.4 Å². The van der Waals surface area contributed by atoms with Crippen LogP contribution in [0.3, 0.4) is 0 Å². The largest absolute Gasteiger partial charge is 0.396 e. The molecule has 0 saturated carbocycles. The van der Waals surface area contributed by atoms with Crippen molar-refractivity contribution >= 4 is 11.6 Å². The van der Waals surface area contributed by atoms with Crippen molar-refractivity contribution in [3.8, 4) is 0 Å². The molecule has 16 heavy (non-hydrogen) atoms. The van der Waals surface area contributed by atoms with Crippen LogP contribution in [0.15, 0.2) is 24.3 Å². The van der Waals surface area contributed by atoms with E-state index in [-0.39, 0.29) is 6.61 Å². The molecule has 90 valence electrons. The second kappa shape index (κ2) is 6.89. The third-order valence-electron chi connectivity index (χ3n) is 2.59. The molecule has 0 fully saturated rings. The van der Waals surface area contributed by atoms with Crippen LogP contribution in [0.2, 0.25) is 5.02 Å². The monoisotopic (exact) mass is 241 g/mol. The van der Waals surface area contributed by atoms with Crippen molar-refractivity contribution in [1.29, 1.82) is 0 Å². The van der Waals surface area contributed by atoms with Crippen molar-refractivity contribution in [2.45, 2.75) is 38.8 Å². The highest BCUT2D eigenvalue weighted by atomic mass is 35.5. The predicted octanol–water partition coefficient (Wildman–Crippen LogP) is 2.63. The van der Waals surface area contributed by atoms with E-state index in [2.05, 4.69) is 31.3 Å². The SMILES string of the molecule is CC(CCO)NC(C)Cc1ccc(Cl)cc1. The Morgan fingerprint density at radius 1 is 1.19 bits per heavy atom. The summed E-state index contributed by atoms with van der Waals surface area (Å²) in [6.07, 6.45) is 1.78. The molecule has 0 saturated heterocycles. The topological polar surface area (TPSA) is 32.3 Å². The van der Waals surface area contributed by atoms with Gasteiger partial charge in [0, 0.05) is 23.7 Å². The van der Waals surface area contributed by atoms with Crippen LogP contribution in [0.25, 0.3) is 0 Å². The molecule has 2 atom stereocenters. The Bertz CT molecular complexity index is 299. The lowest BCUT2D eigenvalue weighted by molar-refractivity contribution is 0.264. The minimum Gasteiger partial charge on any atom is -0.396 e. The summed E-state index contributed by atoms with van der Waals surface area (Å²) in [4.78, 5) is 0. The summed E-state index contributed by atoms with van der Waals surface area (Å²) in [6.45, 7) is 4.49. The minimum absolute atomic E-state index is 0.238. The maximum Gasteiger partial charge on any atom is 0.0445 e. The molecule has 1 aromatic carbocycles. The molecule has 0 amide bonds. The lowest BCUT2D eigenvalue weighted by atomic mass is 10.1. The van der Waals surface area contributed by atoms with Crippen molar-refractivity contribution in [2.24, 2.45) is 0 Å². The van der Waals surface area contributed by atoms with E-state index in [4.69, 9.17) is 16.7 Å². The first-order valence-corrected chi connectivity index (χ1v) is 6.11. The molecular weight excluding hydrogens is 222 g/mol. The molecular formula is C13H20ClNO. The molecule has 0 bridgehead atoms. The Balaban J connectivity index is 2.39. The van der Waals surface area contributed by atoms with Crippen molar-refractivity contribution in [3.63, 3.8) is 0 Å². The van der Waals surface area contributed by atoms with Crippen molar-refractivity contribution in [3.05, 3.63) is 34.9 Å². The van der Waals surface area contributed by atoms with Gasteiger partial charge in [0.25, 0.3) is 0 Å². The molecule has 2 nitrogen and oxygen atoms in total. The number of aliphatic hydroxyl groups is 1. The number of halogens is 1. The van der Waals surface area contributed by atoms with Gasteiger partial charge < -0.3 is 10.4 Å². The lowest BCUT2D eigenvalue weighted by Gasteiger charge is -2.19. The molecule has 2 unspecified atom stereocenters. The van der Waals surface area contributed by atoms with Gasteiger partial charge in [0.15, 0.2) is 0 Å². The maximum absolute atomic E-state index is 8.82. The van der Waals surface area contributed by atoms with Gasteiger partial charge in [-0.25, -0.2) is 0 Å². The summed E-state index contributed by atoms with van der Waals surface area (Å²) in [7, 11) is 0. The predicted molar refractivity (Wildman–Crippen MR) is 68.9 cm³/mol. The second-order valence-electron chi connectivity index (χ2n) is 4.31. The normalized spacial score (nSPS) is 14.8. The van der Waals surface area contributed by atoms with Crippen LogP contribution in [0.1, 0.15) is 25.8 Å². The second-order valence-corrected chi connectivity index (χ2v) is 4.75. The standard InChI is InChI=1S/C13H20ClNO/c1-10(7-8-16)15-11(2)9-12-3-5-13(14)6-4-12/h3-6,10-11,15-16H,7-9H2,1-2H3. The Hall–Kier alpha value is -0.570. The van der Waals surface area contributed by atoms with Crippen molar-refractivity contribution in [2.75, 3.05) is 6.61 Å². The highest BCUT2D eigenvalue weighted by Gasteiger charge is 2.07. The van der Waals surface area contributed by atoms with E-state index < -0.39 is 0 Å². The third kappa shape index (κ3) is 4.97. The quantitative estimate of drug-likeness (QED) is 0.803. The first-order valence-electron chi connectivity index (χ1n) is 5.73. The van der Waals surface area contributed by atoms with Gasteiger partial charge in [0.1, 0.15) is 0 Å². The van der Waals surface area contributed by atoms with Crippen LogP contribution in [0.4, 0.5) is 0 Å². The van der Waals surface area contributed by atoms with Gasteiger partial charge in [0.2, 0.25) is 0 Å². The average molecular weight is 242 g/mol. The molecule has 0 aliphatic heterocycles. The Kier molecular flexibility index (Phi) is 5.81. The van der Waals surface area contributed by atoms with E-state index in [1.54, 1.807) is 0 Å². The van der Waals surface area contributed by atoms with E-state index in [9.17, 15) is 0 Å². The van der Waals surface area contributed by atoms with E-state index in [1.807, 2.05) is 12.1 Å². The van der Waals surface area contributed by atoms with E-state index in [1.165, 1.54) is 5.56 Å². The Morgan fingerprint density at radius 2 is 1.81 bits per heavy atom. The molecule has 1 aromatic rings. The summed E-state index contributed by atoms with van der Waals surface area (Å²) in [5, 5.41) is 13.0. The van der Waals surface area contributed by atoms with Gasteiger partial charge in [-0.3, -0.25) is 0 Å². The molecule has 1 rings (SSSR count). The summed E-state index contributed by atoms with van der Waals surface area (Å²) in [6, 6.07) is 8.70. The minimum atomic E-state index is 0.238. The van der Waals surface area contributed by atoms with Crippen molar-refractivity contribution in [1.82, 2.24) is 5.32 Å². The summed E-state index contributed by atoms with van der Waals surface area (Å²) in [5.41, 5.74) is 1.28. The highest BCUT2D eigenvalue weighted by molar-refractivity contribution is 6.30. The number of hydrogen-bond donors (Lipinski definition) is 2. The molecule has 0 aromatic heterocycles. The summed E-state index contributed by atoms with van der Waals surface area (Å²) in [5.74, 6) is 0. The lowest BCUT2D eigenvalue weighted by Crippen LogP contribution is -2.36. The van der Waals surface area contributed by atoms with Crippen LogP contribution in [-0.4, -0.2) is 23.8 Å². The molecule has 0 heterocycles. The van der Waals surface area contributed by atoms with E-state index in [0.717, 1.165) is 17.9 Å². The maximum atomic E-state index is 8.82. The molecule has 0 radical (unpaired) electrons. The van der Waals surface area contributed by atoms with Crippen molar-refractivity contribution < 1.29 is 5.11 Å². The molecule has 2 N–H and O–H groups in total. The number of rotatable bonds is 6. The first kappa shape index (κ1) is 13.5. The van der Waals surface area contributed by atoms with Crippen LogP contribution in [0.5, 0.6) is 0 Å². The number of nitrogens with one attached hydrogen (secondary N) is 1. The van der Waals surface area contributed by atoms with Gasteiger partial charge >= 0.3 is 0 Å². The smallest absolute Gasteiger partial charge is 0.0445 e. The van der Waals surface area contributed by atoms with Crippen LogP contribution >= 0.6 is 11.6 Å². The van der Waals surface area contributed by atoms with Gasteiger partial charge in [-0.2, -0.15) is 0 Å². The average Bonchev–Trinajstić information content (AvgIpc) is 2.21. The molecule has 0 aliphatic carbocycles. The molecule has 0 spiro atoms. The van der Waals surface area contributed by atoms with E-state index >= 15 is 0 Å². The highest BCUT2D eigenvalue weighted by Crippen LogP contribution is 2.11. The van der Waals surface area contributed by atoms with Gasteiger partial charge in [-0.15, -0.1) is 0 Å². The number of benzene rings is 1. The number of hydrogen-bond acceptors (Lipinski definition) is 2. The Labute approximate surface area is 103 Å². The Morgan fingerprint density at radius 3 is 2.38 bits per heavy atom. The van der Waals surface area contributed by atoms with Crippen LogP contribution < -0.4 is 5.32 Å². The number of aliphatic hydroxyl groups excluding tert-OH is 1. The zero-order valence-electron chi connectivity index (χ0n) is 9.91. The summed E-state index contributed by atoms with van der Waals surface area (Å²) >= 11 is 5.83. The summed E-state index contributed by atoms with van der Waals surface area (Å²) < 4.78 is 0. The molecule has 3 heteroatoms. The third-order valence-corrected chi connectivity index (χ3v) is 2.84.